The van der Waals surface area contributed by atoms with Gasteiger partial charge in [0, 0.05) is 0 Å². The van der Waals surface area contributed by atoms with E-state index in [2.05, 4.69) is 212 Å². The van der Waals surface area contributed by atoms with E-state index in [4.69, 9.17) is 0 Å². The molecule has 0 aliphatic rings. The van der Waals surface area contributed by atoms with Crippen LogP contribution in [-0.2, 0) is 6.42 Å². The molecule has 0 heterocycles. The lowest BCUT2D eigenvalue weighted by molar-refractivity contribution is 0.844. The van der Waals surface area contributed by atoms with Crippen LogP contribution in [-0.4, -0.2) is 0 Å². The van der Waals surface area contributed by atoms with Crippen molar-refractivity contribution >= 4 is 49.2 Å². The lowest BCUT2D eigenvalue weighted by Crippen LogP contribution is -2.05. The molecule has 7 aromatic rings. The molecule has 0 amide bonds. The van der Waals surface area contributed by atoms with E-state index in [0.717, 1.165) is 12.8 Å². The van der Waals surface area contributed by atoms with Gasteiger partial charge >= 0.3 is 0 Å². The van der Waals surface area contributed by atoms with Crippen molar-refractivity contribution in [2.45, 2.75) is 102 Å². The summed E-state index contributed by atoms with van der Waals surface area (Å²) in [7, 11) is 0. The zero-order valence-electron chi connectivity index (χ0n) is 37.5. The Hall–Kier alpha value is -5.46. The molecule has 57 heavy (non-hydrogen) atoms. The van der Waals surface area contributed by atoms with Gasteiger partial charge in [-0.3, -0.25) is 0 Å². The first-order valence-electron chi connectivity index (χ1n) is 21.2. The monoisotopic (exact) mass is 759 g/mol. The molecule has 7 aromatic carbocycles. The summed E-state index contributed by atoms with van der Waals surface area (Å²) in [6.07, 6.45) is 15.2. The summed E-state index contributed by atoms with van der Waals surface area (Å²) in [5.41, 5.74) is 4.11. The molecule has 0 bridgehead atoms. The van der Waals surface area contributed by atoms with Crippen molar-refractivity contribution in [3.63, 3.8) is 0 Å². The van der Waals surface area contributed by atoms with E-state index >= 15 is 0 Å². The molecule has 0 heteroatoms. The second-order valence-electron chi connectivity index (χ2n) is 12.5. The number of hydrogen-bond donors (Lipinski definition) is 0. The van der Waals surface area contributed by atoms with Gasteiger partial charge in [-0.1, -0.05) is 243 Å². The molecule has 0 nitrogen and oxygen atoms in total. The Morgan fingerprint density at radius 2 is 1.00 bits per heavy atom. The van der Waals surface area contributed by atoms with E-state index in [0.29, 0.717) is 0 Å². The van der Waals surface area contributed by atoms with Crippen LogP contribution in [0.3, 0.4) is 0 Å². The topological polar surface area (TPSA) is 0 Å². The van der Waals surface area contributed by atoms with Crippen LogP contribution >= 0.6 is 0 Å². The van der Waals surface area contributed by atoms with Crippen LogP contribution < -0.4 is 5.22 Å². The second kappa shape index (κ2) is 32.8. The molecule has 0 saturated heterocycles. The van der Waals surface area contributed by atoms with Crippen LogP contribution in [0, 0.1) is 6.92 Å². The summed E-state index contributed by atoms with van der Waals surface area (Å²) in [6, 6.07) is 47.2. The number of fused-ring (bicyclic) bond motifs is 2. The van der Waals surface area contributed by atoms with Crippen LogP contribution in [0.25, 0.3) is 49.2 Å². The Morgan fingerprint density at radius 1 is 0.561 bits per heavy atom. The fourth-order valence-corrected chi connectivity index (χ4v) is 6.05. The van der Waals surface area contributed by atoms with Crippen molar-refractivity contribution in [3.05, 3.63) is 199 Å². The Bertz CT molecular complexity index is 2130. The van der Waals surface area contributed by atoms with Gasteiger partial charge in [0.2, 0.25) is 0 Å². The fraction of sp³-hybridized carbons (Fsp3) is 0.263. The first-order valence-corrected chi connectivity index (χ1v) is 21.2. The molecule has 0 saturated carbocycles. The highest BCUT2D eigenvalue weighted by molar-refractivity contribution is 6.11. The van der Waals surface area contributed by atoms with E-state index < -0.39 is 0 Å². The Kier molecular flexibility index (Phi) is 29.6. The zero-order chi connectivity index (χ0) is 42.8. The maximum Gasteiger partial charge on any atom is -0.00301 e. The smallest absolute Gasteiger partial charge is 0.00301 e. The van der Waals surface area contributed by atoms with E-state index in [1.54, 1.807) is 0 Å². The summed E-state index contributed by atoms with van der Waals surface area (Å²) in [4.78, 5) is 0. The second-order valence-corrected chi connectivity index (χ2v) is 12.5. The lowest BCUT2D eigenvalue weighted by atomic mass is 9.93. The standard InChI is InChI=1S/C25H26.C11H10.C10H8.C3H8.3C2H6.C2H4/c1-4-9-19(3)11-6-7-12-21-17-18-23-14-8-13-22-16-15-20(10-5-2)24(21)25(22)23;1-9-6-7-10-4-2-3-5-11(10)8-9;1-2-6-10-8-4-3-7-9(10)5-1;1-3-2;4*1-2/h4-5,8-11,13-18H,2,6-7,12H2,1,3H3;2-8H,1H3;1-8H;3H2,1-2H3;3*1-2H3;1-2H2/b9-4-,19-11-,20-10-;;;;;;;. The quantitative estimate of drug-likeness (QED) is 0.0900. The normalized spacial score (nSPS) is 10.3. The summed E-state index contributed by atoms with van der Waals surface area (Å²) in [5.74, 6) is 0. The first-order chi connectivity index (χ1) is 28.0. The van der Waals surface area contributed by atoms with Crippen LogP contribution in [0.15, 0.2) is 183 Å². The van der Waals surface area contributed by atoms with Crippen molar-refractivity contribution in [3.8, 4) is 0 Å². The van der Waals surface area contributed by atoms with E-state index in [9.17, 15) is 0 Å². The van der Waals surface area contributed by atoms with Gasteiger partial charge in [-0.2, -0.15) is 0 Å². The number of unbranched alkanes of at least 4 members (excludes halogenated alkanes) is 1. The Morgan fingerprint density at radius 3 is 1.49 bits per heavy atom. The average molecular weight is 759 g/mol. The summed E-state index contributed by atoms with van der Waals surface area (Å²) in [6.45, 7) is 32.5. The van der Waals surface area contributed by atoms with Gasteiger partial charge in [0.25, 0.3) is 0 Å². The van der Waals surface area contributed by atoms with Crippen molar-refractivity contribution < 1.29 is 0 Å². The van der Waals surface area contributed by atoms with Gasteiger partial charge in [-0.05, 0) is 93.9 Å². The third-order valence-electron chi connectivity index (χ3n) is 8.30. The zero-order valence-corrected chi connectivity index (χ0v) is 37.5. The Labute approximate surface area is 349 Å². The van der Waals surface area contributed by atoms with Crippen LogP contribution in [0.5, 0.6) is 0 Å². The van der Waals surface area contributed by atoms with Crippen LogP contribution in [0.1, 0.15) is 99.6 Å². The highest BCUT2D eigenvalue weighted by Gasteiger charge is 2.07. The molecular weight excluding hydrogens is 685 g/mol. The largest absolute Gasteiger partial charge is 0.106 e. The maximum absolute atomic E-state index is 3.89. The molecule has 0 unspecified atom stereocenters. The lowest BCUT2D eigenvalue weighted by Gasteiger charge is -2.11. The molecule has 0 aliphatic carbocycles. The van der Waals surface area contributed by atoms with Crippen molar-refractivity contribution in [2.75, 3.05) is 0 Å². The third-order valence-corrected chi connectivity index (χ3v) is 8.30. The molecular formula is C57H74. The Balaban J connectivity index is 0.000000811. The molecule has 0 atom stereocenters. The molecule has 7 rings (SSSR count). The minimum Gasteiger partial charge on any atom is -0.106 e. The predicted molar refractivity (Wildman–Crippen MR) is 267 cm³/mol. The fourth-order valence-electron chi connectivity index (χ4n) is 6.05. The van der Waals surface area contributed by atoms with Gasteiger partial charge in [-0.25, -0.2) is 0 Å². The third kappa shape index (κ3) is 17.9. The van der Waals surface area contributed by atoms with E-state index in [1.807, 2.05) is 47.6 Å². The maximum atomic E-state index is 3.89. The summed E-state index contributed by atoms with van der Waals surface area (Å²) < 4.78 is 0. The predicted octanol–water partition coefficient (Wildman–Crippen LogP) is 17.8. The number of benzene rings is 7. The minimum absolute atomic E-state index is 1.10. The molecule has 0 radical (unpaired) electrons. The van der Waals surface area contributed by atoms with Crippen molar-refractivity contribution in [1.29, 1.82) is 0 Å². The van der Waals surface area contributed by atoms with E-state index in [-0.39, 0.29) is 0 Å². The van der Waals surface area contributed by atoms with Gasteiger partial charge in [0.05, 0.1) is 0 Å². The number of rotatable bonds is 6. The van der Waals surface area contributed by atoms with Gasteiger partial charge in [0.15, 0.2) is 0 Å². The number of allylic oxidation sites excluding steroid dienone is 5. The average Bonchev–Trinajstić information content (AvgIpc) is 3.27. The molecule has 0 aliphatic heterocycles. The van der Waals surface area contributed by atoms with Crippen LogP contribution in [0.2, 0.25) is 0 Å². The first kappa shape index (κ1) is 51.5. The molecule has 0 fully saturated rings. The summed E-state index contributed by atoms with van der Waals surface area (Å²) in [5, 5.41) is 12.0. The highest BCUT2D eigenvalue weighted by Crippen LogP contribution is 2.28. The molecule has 0 aromatic heterocycles. The van der Waals surface area contributed by atoms with Gasteiger partial charge in [0.1, 0.15) is 0 Å². The summed E-state index contributed by atoms with van der Waals surface area (Å²) >= 11 is 0. The van der Waals surface area contributed by atoms with Crippen molar-refractivity contribution in [2.24, 2.45) is 0 Å². The number of aryl methyl sites for hydroxylation is 2. The van der Waals surface area contributed by atoms with Gasteiger partial charge < -0.3 is 0 Å². The SMILES string of the molecule is C=C.C=C/C=c1/ccc2cccc3ccc(CCC/C=C(C)\C=C/C)c1c32.CC.CC.CC.CCC.Cc1ccc2ccccc2c1.c1ccc2ccccc2c1. The molecule has 302 valence electrons. The van der Waals surface area contributed by atoms with Gasteiger partial charge in [-0.15, -0.1) is 13.2 Å². The molecule has 0 spiro atoms. The number of hydrogen-bond acceptors (Lipinski definition) is 0. The molecule has 0 N–H and O–H groups in total. The van der Waals surface area contributed by atoms with Crippen molar-refractivity contribution in [1.82, 2.24) is 0 Å². The minimum atomic E-state index is 1.10. The highest BCUT2D eigenvalue weighted by atomic mass is 14.1. The van der Waals surface area contributed by atoms with E-state index in [1.165, 1.54) is 77.9 Å². The van der Waals surface area contributed by atoms with Crippen LogP contribution in [0.4, 0.5) is 0 Å².